The van der Waals surface area contributed by atoms with E-state index in [4.69, 9.17) is 4.74 Å². The Balaban J connectivity index is 2.50. The second kappa shape index (κ2) is 7.60. The largest absolute Gasteiger partial charge is 0.377 e. The molecule has 1 rings (SSSR count). The SMILES string of the molecule is CCCNC(CCCS(=O)(=O)CC)C1(OC)CCC1. The third-order valence-electron chi connectivity index (χ3n) is 4.27. The number of hydrogen-bond donors (Lipinski definition) is 1. The van der Waals surface area contributed by atoms with Crippen molar-refractivity contribution in [2.75, 3.05) is 25.2 Å². The minimum Gasteiger partial charge on any atom is -0.377 e. The normalized spacial score (nSPS) is 19.9. The molecular weight excluding hydrogens is 262 g/mol. The van der Waals surface area contributed by atoms with Gasteiger partial charge >= 0.3 is 0 Å². The lowest BCUT2D eigenvalue weighted by Gasteiger charge is -2.47. The molecular formula is C14H29NO3S. The van der Waals surface area contributed by atoms with Crippen LogP contribution in [0.5, 0.6) is 0 Å². The van der Waals surface area contributed by atoms with Crippen molar-refractivity contribution in [2.45, 2.75) is 64.0 Å². The summed E-state index contributed by atoms with van der Waals surface area (Å²) in [6.45, 7) is 4.83. The van der Waals surface area contributed by atoms with Crippen LogP contribution in [0.1, 0.15) is 52.4 Å². The van der Waals surface area contributed by atoms with Gasteiger partial charge < -0.3 is 10.1 Å². The summed E-state index contributed by atoms with van der Waals surface area (Å²) in [6, 6.07) is 0.290. The maximum absolute atomic E-state index is 11.5. The lowest BCUT2D eigenvalue weighted by Crippen LogP contribution is -2.56. The van der Waals surface area contributed by atoms with Crippen LogP contribution in [0.4, 0.5) is 0 Å². The van der Waals surface area contributed by atoms with Crippen molar-refractivity contribution < 1.29 is 13.2 Å². The van der Waals surface area contributed by atoms with Crippen LogP contribution in [-0.4, -0.2) is 45.2 Å². The maximum Gasteiger partial charge on any atom is 0.150 e. The van der Waals surface area contributed by atoms with Gasteiger partial charge in [-0.25, -0.2) is 8.42 Å². The molecule has 5 heteroatoms. The number of sulfone groups is 1. The van der Waals surface area contributed by atoms with Crippen molar-refractivity contribution in [3.63, 3.8) is 0 Å². The quantitative estimate of drug-likeness (QED) is 0.670. The summed E-state index contributed by atoms with van der Waals surface area (Å²) >= 11 is 0. The van der Waals surface area contributed by atoms with Crippen molar-refractivity contribution in [1.29, 1.82) is 0 Å². The minimum atomic E-state index is -2.85. The predicted octanol–water partition coefficient (Wildman–Crippen LogP) is 2.14. The molecule has 114 valence electrons. The van der Waals surface area contributed by atoms with Crippen LogP contribution in [0.3, 0.4) is 0 Å². The highest BCUT2D eigenvalue weighted by atomic mass is 32.2. The van der Waals surface area contributed by atoms with Gasteiger partial charge in [0.05, 0.1) is 11.4 Å². The fourth-order valence-corrected chi connectivity index (χ4v) is 3.64. The maximum atomic E-state index is 11.5. The van der Waals surface area contributed by atoms with Crippen LogP contribution in [0, 0.1) is 0 Å². The summed E-state index contributed by atoms with van der Waals surface area (Å²) < 4.78 is 28.8. The van der Waals surface area contributed by atoms with E-state index in [9.17, 15) is 8.42 Å². The Morgan fingerprint density at radius 3 is 2.42 bits per heavy atom. The summed E-state index contributed by atoms with van der Waals surface area (Å²) in [7, 11) is -1.06. The van der Waals surface area contributed by atoms with Gasteiger partial charge in [0.2, 0.25) is 0 Å². The van der Waals surface area contributed by atoms with Gasteiger partial charge in [-0.3, -0.25) is 0 Å². The smallest absolute Gasteiger partial charge is 0.150 e. The number of ether oxygens (including phenoxy) is 1. The van der Waals surface area contributed by atoms with Gasteiger partial charge in [-0.05, 0) is 45.1 Å². The Morgan fingerprint density at radius 2 is 2.00 bits per heavy atom. The van der Waals surface area contributed by atoms with E-state index in [1.165, 1.54) is 6.42 Å². The van der Waals surface area contributed by atoms with Gasteiger partial charge in [0.25, 0.3) is 0 Å². The third kappa shape index (κ3) is 4.72. The second-order valence-electron chi connectivity index (χ2n) is 5.51. The first kappa shape index (κ1) is 16.9. The molecule has 0 aromatic rings. The predicted molar refractivity (Wildman–Crippen MR) is 79.2 cm³/mol. The van der Waals surface area contributed by atoms with E-state index in [0.29, 0.717) is 11.8 Å². The van der Waals surface area contributed by atoms with Gasteiger partial charge in [-0.2, -0.15) is 0 Å². The molecule has 0 aliphatic heterocycles. The van der Waals surface area contributed by atoms with E-state index < -0.39 is 9.84 Å². The monoisotopic (exact) mass is 291 g/mol. The first-order valence-corrected chi connectivity index (χ1v) is 9.30. The van der Waals surface area contributed by atoms with Crippen molar-refractivity contribution in [1.82, 2.24) is 5.32 Å². The molecule has 1 unspecified atom stereocenters. The molecule has 1 fully saturated rings. The molecule has 1 aliphatic rings. The average Bonchev–Trinajstić information content (AvgIpc) is 2.34. The molecule has 1 saturated carbocycles. The second-order valence-corrected chi connectivity index (χ2v) is 7.98. The van der Waals surface area contributed by atoms with Crippen LogP contribution in [0.25, 0.3) is 0 Å². The molecule has 0 spiro atoms. The summed E-state index contributed by atoms with van der Waals surface area (Å²) in [6.07, 6.45) is 6.08. The van der Waals surface area contributed by atoms with Crippen LogP contribution in [0.15, 0.2) is 0 Å². The Hall–Kier alpha value is -0.130. The number of methoxy groups -OCH3 is 1. The minimum absolute atomic E-state index is 0.0504. The Kier molecular flexibility index (Phi) is 6.77. The molecule has 4 nitrogen and oxygen atoms in total. The van der Waals surface area contributed by atoms with Gasteiger partial charge in [0.1, 0.15) is 9.84 Å². The summed E-state index contributed by atoms with van der Waals surface area (Å²) in [5, 5.41) is 3.55. The van der Waals surface area contributed by atoms with Gasteiger partial charge in [-0.1, -0.05) is 13.8 Å². The van der Waals surface area contributed by atoms with Gasteiger partial charge in [0.15, 0.2) is 0 Å². The van der Waals surface area contributed by atoms with Crippen LogP contribution >= 0.6 is 0 Å². The van der Waals surface area contributed by atoms with Gasteiger partial charge in [0, 0.05) is 18.9 Å². The molecule has 1 atom stereocenters. The first-order chi connectivity index (χ1) is 8.99. The van der Waals surface area contributed by atoms with Crippen molar-refractivity contribution in [2.24, 2.45) is 0 Å². The molecule has 0 aromatic carbocycles. The molecule has 1 aliphatic carbocycles. The number of rotatable bonds is 10. The van der Waals surface area contributed by atoms with Crippen LogP contribution in [-0.2, 0) is 14.6 Å². The van der Waals surface area contributed by atoms with Crippen molar-refractivity contribution in [3.05, 3.63) is 0 Å². The molecule has 0 saturated heterocycles. The highest BCUT2D eigenvalue weighted by Crippen LogP contribution is 2.39. The Morgan fingerprint density at radius 1 is 1.32 bits per heavy atom. The van der Waals surface area contributed by atoms with E-state index >= 15 is 0 Å². The topological polar surface area (TPSA) is 55.4 Å². The van der Waals surface area contributed by atoms with E-state index in [2.05, 4.69) is 12.2 Å². The van der Waals surface area contributed by atoms with Crippen molar-refractivity contribution >= 4 is 9.84 Å². The highest BCUT2D eigenvalue weighted by molar-refractivity contribution is 7.91. The molecule has 1 N–H and O–H groups in total. The molecule has 0 amide bonds. The lowest BCUT2D eigenvalue weighted by molar-refractivity contribution is -0.0999. The van der Waals surface area contributed by atoms with Crippen LogP contribution < -0.4 is 5.32 Å². The summed E-state index contributed by atoms with van der Waals surface area (Å²) in [5.74, 6) is 0.545. The van der Waals surface area contributed by atoms with E-state index in [-0.39, 0.29) is 11.4 Å². The van der Waals surface area contributed by atoms with E-state index in [1.54, 1.807) is 14.0 Å². The number of nitrogens with one attached hydrogen (secondary N) is 1. The first-order valence-electron chi connectivity index (χ1n) is 7.48. The van der Waals surface area contributed by atoms with E-state index in [0.717, 1.165) is 38.6 Å². The van der Waals surface area contributed by atoms with Crippen LogP contribution in [0.2, 0.25) is 0 Å². The molecule has 0 heterocycles. The molecule has 0 aromatic heterocycles. The highest BCUT2D eigenvalue weighted by Gasteiger charge is 2.43. The number of hydrogen-bond acceptors (Lipinski definition) is 4. The standard InChI is InChI=1S/C14H29NO3S/c1-4-11-15-13(14(18-3)9-7-10-14)8-6-12-19(16,17)5-2/h13,15H,4-12H2,1-3H3. The zero-order valence-electron chi connectivity index (χ0n) is 12.6. The average molecular weight is 291 g/mol. The molecule has 0 radical (unpaired) electrons. The Bertz CT molecular complexity index is 344. The third-order valence-corrected chi connectivity index (χ3v) is 6.06. The summed E-state index contributed by atoms with van der Waals surface area (Å²) in [4.78, 5) is 0. The Labute approximate surface area is 118 Å². The fourth-order valence-electron chi connectivity index (χ4n) is 2.74. The fraction of sp³-hybridized carbons (Fsp3) is 1.00. The summed E-state index contributed by atoms with van der Waals surface area (Å²) in [5.41, 5.74) is -0.0504. The van der Waals surface area contributed by atoms with E-state index in [1.807, 2.05) is 0 Å². The lowest BCUT2D eigenvalue weighted by atomic mass is 9.73. The molecule has 0 bridgehead atoms. The van der Waals surface area contributed by atoms with Gasteiger partial charge in [-0.15, -0.1) is 0 Å². The van der Waals surface area contributed by atoms with Crippen molar-refractivity contribution in [3.8, 4) is 0 Å². The molecule has 19 heavy (non-hydrogen) atoms. The zero-order chi connectivity index (χ0) is 14.4. The zero-order valence-corrected chi connectivity index (χ0v) is 13.4.